The van der Waals surface area contributed by atoms with Crippen molar-refractivity contribution in [1.82, 2.24) is 10.6 Å². The number of rotatable bonds is 7. The van der Waals surface area contributed by atoms with Crippen molar-refractivity contribution < 1.29 is 19.1 Å². The quantitative estimate of drug-likeness (QED) is 0.495. The molecule has 1 heterocycles. The van der Waals surface area contributed by atoms with Crippen LogP contribution in [0.3, 0.4) is 0 Å². The molecule has 0 radical (unpaired) electrons. The Labute approximate surface area is 197 Å². The minimum atomic E-state index is -0.671. The van der Waals surface area contributed by atoms with Crippen LogP contribution >= 0.6 is 23.2 Å². The van der Waals surface area contributed by atoms with Gasteiger partial charge in [-0.1, -0.05) is 55.2 Å². The van der Waals surface area contributed by atoms with Crippen LogP contribution < -0.4 is 15.4 Å². The summed E-state index contributed by atoms with van der Waals surface area (Å²) in [4.78, 5) is 25.3. The highest BCUT2D eigenvalue weighted by molar-refractivity contribution is 6.35. The number of hydrogen-bond donors (Lipinski definition) is 2. The van der Waals surface area contributed by atoms with Crippen molar-refractivity contribution in [2.24, 2.45) is 5.92 Å². The van der Waals surface area contributed by atoms with Gasteiger partial charge in [-0.05, 0) is 49.6 Å². The largest absolute Gasteiger partial charge is 0.489 e. The molecule has 0 bridgehead atoms. The van der Waals surface area contributed by atoms with E-state index < -0.39 is 12.0 Å². The summed E-state index contributed by atoms with van der Waals surface area (Å²) in [7, 11) is 0. The highest BCUT2D eigenvalue weighted by atomic mass is 35.5. The third-order valence-corrected chi connectivity index (χ3v) is 5.43. The predicted octanol–water partition coefficient (Wildman–Crippen LogP) is 5.79. The second kappa shape index (κ2) is 10.3. The van der Waals surface area contributed by atoms with E-state index >= 15 is 0 Å². The van der Waals surface area contributed by atoms with Gasteiger partial charge in [-0.25, -0.2) is 9.59 Å². The standard InChI is InChI=1S/C24H26Cl2N2O4/c1-13(2)21-20(23(29)32-14(3)4)22(28-24(30)27-21)15-6-5-7-18(10-15)31-12-16-8-9-17(25)11-19(16)26/h5-11,13-14,22H,12H2,1-4H3,(H2,27,28,30). The van der Waals surface area contributed by atoms with E-state index in [2.05, 4.69) is 10.6 Å². The number of urea groups is 1. The third-order valence-electron chi connectivity index (χ3n) is 4.84. The first-order valence-corrected chi connectivity index (χ1v) is 11.1. The summed E-state index contributed by atoms with van der Waals surface area (Å²) in [5.41, 5.74) is 2.42. The van der Waals surface area contributed by atoms with E-state index in [9.17, 15) is 9.59 Å². The Morgan fingerprint density at radius 1 is 1.09 bits per heavy atom. The van der Waals surface area contributed by atoms with Gasteiger partial charge in [0.1, 0.15) is 12.4 Å². The van der Waals surface area contributed by atoms with Gasteiger partial charge in [0.05, 0.1) is 17.7 Å². The summed E-state index contributed by atoms with van der Waals surface area (Å²) in [6.07, 6.45) is -0.291. The van der Waals surface area contributed by atoms with Crippen LogP contribution in [0.1, 0.15) is 44.9 Å². The highest BCUT2D eigenvalue weighted by Gasteiger charge is 2.35. The Hall–Kier alpha value is -2.70. The first-order chi connectivity index (χ1) is 15.2. The van der Waals surface area contributed by atoms with Gasteiger partial charge in [0.25, 0.3) is 0 Å². The average molecular weight is 477 g/mol. The molecule has 170 valence electrons. The van der Waals surface area contributed by atoms with Crippen molar-refractivity contribution >= 4 is 35.2 Å². The number of amides is 2. The van der Waals surface area contributed by atoms with Gasteiger partial charge >= 0.3 is 12.0 Å². The molecule has 0 aromatic heterocycles. The van der Waals surface area contributed by atoms with Crippen LogP contribution in [0, 0.1) is 5.92 Å². The van der Waals surface area contributed by atoms with Gasteiger partial charge in [-0.3, -0.25) is 0 Å². The third kappa shape index (κ3) is 5.75. The Morgan fingerprint density at radius 3 is 2.50 bits per heavy atom. The number of hydrogen-bond acceptors (Lipinski definition) is 4. The number of carbonyl (C=O) groups is 2. The van der Waals surface area contributed by atoms with Crippen LogP contribution in [-0.2, 0) is 16.1 Å². The topological polar surface area (TPSA) is 76.7 Å². The predicted molar refractivity (Wildman–Crippen MR) is 125 cm³/mol. The van der Waals surface area contributed by atoms with Crippen molar-refractivity contribution in [2.75, 3.05) is 0 Å². The number of esters is 1. The Kier molecular flexibility index (Phi) is 7.69. The van der Waals surface area contributed by atoms with E-state index in [-0.39, 0.29) is 24.7 Å². The number of carbonyl (C=O) groups excluding carboxylic acids is 2. The normalized spacial score (nSPS) is 16.1. The van der Waals surface area contributed by atoms with Crippen LogP contribution in [0.25, 0.3) is 0 Å². The Morgan fingerprint density at radius 2 is 1.84 bits per heavy atom. The molecule has 0 spiro atoms. The van der Waals surface area contributed by atoms with Crippen molar-refractivity contribution in [3.05, 3.63) is 74.9 Å². The summed E-state index contributed by atoms with van der Waals surface area (Å²) in [5.74, 6) is 0.0224. The second-order valence-electron chi connectivity index (χ2n) is 8.06. The lowest BCUT2D eigenvalue weighted by Crippen LogP contribution is -2.47. The maximum atomic E-state index is 12.9. The second-order valence-corrected chi connectivity index (χ2v) is 8.91. The molecule has 8 heteroatoms. The molecule has 32 heavy (non-hydrogen) atoms. The zero-order chi connectivity index (χ0) is 23.4. The molecule has 2 aromatic rings. The Bertz CT molecular complexity index is 1050. The lowest BCUT2D eigenvalue weighted by Gasteiger charge is -2.31. The first kappa shape index (κ1) is 24.0. The molecule has 1 aliphatic rings. The summed E-state index contributed by atoms with van der Waals surface area (Å²) >= 11 is 12.2. The van der Waals surface area contributed by atoms with Gasteiger partial charge in [-0.2, -0.15) is 0 Å². The molecule has 1 atom stereocenters. The molecule has 0 saturated heterocycles. The van der Waals surface area contributed by atoms with Crippen LogP contribution in [-0.4, -0.2) is 18.1 Å². The van der Waals surface area contributed by atoms with Crippen LogP contribution in [0.4, 0.5) is 4.79 Å². The number of allylic oxidation sites excluding steroid dienone is 1. The maximum absolute atomic E-state index is 12.9. The first-order valence-electron chi connectivity index (χ1n) is 10.3. The number of halogens is 2. The molecule has 1 aliphatic heterocycles. The van der Waals surface area contributed by atoms with E-state index in [4.69, 9.17) is 32.7 Å². The molecule has 0 saturated carbocycles. The van der Waals surface area contributed by atoms with E-state index in [1.54, 1.807) is 44.2 Å². The zero-order valence-electron chi connectivity index (χ0n) is 18.4. The Balaban J connectivity index is 1.91. The molecular formula is C24H26Cl2N2O4. The number of benzene rings is 2. The van der Waals surface area contributed by atoms with E-state index in [1.165, 1.54) is 0 Å². The number of nitrogens with one attached hydrogen (secondary N) is 2. The van der Waals surface area contributed by atoms with Gasteiger partial charge in [0, 0.05) is 21.3 Å². The summed E-state index contributed by atoms with van der Waals surface area (Å²) in [5, 5.41) is 6.67. The van der Waals surface area contributed by atoms with Crippen molar-refractivity contribution in [1.29, 1.82) is 0 Å². The molecule has 3 rings (SSSR count). The summed E-state index contributed by atoms with van der Waals surface area (Å²) in [6.45, 7) is 7.64. The minimum Gasteiger partial charge on any atom is -0.489 e. The van der Waals surface area contributed by atoms with Gasteiger partial charge in [0.2, 0.25) is 0 Å². The zero-order valence-corrected chi connectivity index (χ0v) is 19.9. The summed E-state index contributed by atoms with van der Waals surface area (Å²) < 4.78 is 11.4. The molecule has 0 fully saturated rings. The molecule has 2 amide bonds. The van der Waals surface area contributed by atoms with Crippen LogP contribution in [0.5, 0.6) is 5.75 Å². The minimum absolute atomic E-state index is 0.0789. The van der Waals surface area contributed by atoms with Crippen molar-refractivity contribution in [3.63, 3.8) is 0 Å². The fourth-order valence-corrected chi connectivity index (χ4v) is 3.84. The molecule has 6 nitrogen and oxygen atoms in total. The van der Waals surface area contributed by atoms with E-state index in [0.29, 0.717) is 32.6 Å². The maximum Gasteiger partial charge on any atom is 0.338 e. The summed E-state index contributed by atoms with van der Waals surface area (Å²) in [6, 6.07) is 11.4. The molecular weight excluding hydrogens is 451 g/mol. The van der Waals surface area contributed by atoms with Crippen molar-refractivity contribution in [2.45, 2.75) is 46.4 Å². The highest BCUT2D eigenvalue weighted by Crippen LogP contribution is 2.32. The van der Waals surface area contributed by atoms with E-state index in [0.717, 1.165) is 5.56 Å². The number of ether oxygens (including phenoxy) is 2. The smallest absolute Gasteiger partial charge is 0.338 e. The fraction of sp³-hybridized carbons (Fsp3) is 0.333. The monoisotopic (exact) mass is 476 g/mol. The van der Waals surface area contributed by atoms with Gasteiger partial charge in [0.15, 0.2) is 0 Å². The lowest BCUT2D eigenvalue weighted by atomic mass is 9.91. The van der Waals surface area contributed by atoms with Gasteiger partial charge < -0.3 is 20.1 Å². The molecule has 2 aromatic carbocycles. The molecule has 1 unspecified atom stereocenters. The van der Waals surface area contributed by atoms with E-state index in [1.807, 2.05) is 26.0 Å². The van der Waals surface area contributed by atoms with Crippen LogP contribution in [0.2, 0.25) is 10.0 Å². The molecule has 0 aliphatic carbocycles. The van der Waals surface area contributed by atoms with Gasteiger partial charge in [-0.15, -0.1) is 0 Å². The molecule has 2 N–H and O–H groups in total. The lowest BCUT2D eigenvalue weighted by molar-refractivity contribution is -0.143. The fourth-order valence-electron chi connectivity index (χ4n) is 3.38. The SMILES string of the molecule is CC(C)OC(=O)C1=C(C(C)C)NC(=O)NC1c1cccc(OCc2ccc(Cl)cc2Cl)c1. The average Bonchev–Trinajstić information content (AvgIpc) is 2.72. The van der Waals surface area contributed by atoms with Crippen molar-refractivity contribution in [3.8, 4) is 5.75 Å². The van der Waals surface area contributed by atoms with Crippen LogP contribution in [0.15, 0.2) is 53.7 Å².